The molecule has 0 bridgehead atoms. The quantitative estimate of drug-likeness (QED) is 0.420. The molecule has 3 aromatic rings. The van der Waals surface area contributed by atoms with Crippen LogP contribution in [0, 0.1) is 0 Å². The average Bonchev–Trinajstić information content (AvgIpc) is 3.65. The molecule has 11 heteroatoms. The molecule has 2 aliphatic carbocycles. The number of carbonyl (C=O) groups excluding carboxylic acids is 1. The third-order valence-corrected chi connectivity index (χ3v) is 7.81. The fraction of sp³-hybridized carbons (Fsp3) is 0.522. The lowest BCUT2D eigenvalue weighted by atomic mass is 10.0. The number of hydrogen-bond donors (Lipinski definition) is 4. The molecule has 0 aromatic carbocycles. The van der Waals surface area contributed by atoms with Crippen LogP contribution >= 0.6 is 11.3 Å². The third-order valence-electron chi connectivity index (χ3n) is 7.12. The number of H-pyrrole nitrogens is 1. The Morgan fingerprint density at radius 1 is 1.18 bits per heavy atom. The van der Waals surface area contributed by atoms with Crippen molar-refractivity contribution in [2.45, 2.75) is 69.4 Å². The highest BCUT2D eigenvalue weighted by Gasteiger charge is 2.35. The van der Waals surface area contributed by atoms with Gasteiger partial charge >= 0.3 is 0 Å². The number of aliphatic hydroxyl groups is 1. The first-order chi connectivity index (χ1) is 16.7. The first-order valence-corrected chi connectivity index (χ1v) is 12.9. The van der Waals surface area contributed by atoms with E-state index in [2.05, 4.69) is 31.9 Å². The zero-order chi connectivity index (χ0) is 23.1. The number of nitrogens with one attached hydrogen (secondary N) is 3. The number of hydrogen-bond acceptors (Lipinski definition) is 9. The number of fused-ring (bicyclic) bond motifs is 1. The molecule has 2 fully saturated rings. The highest BCUT2D eigenvalue weighted by molar-refractivity contribution is 7.13. The van der Waals surface area contributed by atoms with E-state index in [0.29, 0.717) is 54.3 Å². The summed E-state index contributed by atoms with van der Waals surface area (Å²) in [6.07, 6.45) is 8.86. The SMILES string of the molecule is O=C(Nc1nccs1)[C@@H]1CCCN1c1nc(Nc2cc(C3CCCC3)[nH]n2)c2c(n1)C(O)CC2. The minimum Gasteiger partial charge on any atom is -0.387 e. The van der Waals surface area contributed by atoms with Crippen molar-refractivity contribution in [1.82, 2.24) is 25.1 Å². The lowest BCUT2D eigenvalue weighted by molar-refractivity contribution is -0.117. The molecule has 4 heterocycles. The number of rotatable bonds is 6. The number of carbonyl (C=O) groups is 1. The minimum absolute atomic E-state index is 0.111. The van der Waals surface area contributed by atoms with Crippen LogP contribution in [-0.2, 0) is 11.2 Å². The molecule has 1 aliphatic heterocycles. The second kappa shape index (κ2) is 8.95. The molecular formula is C23H28N8O2S. The number of thiazole rings is 1. The van der Waals surface area contributed by atoms with Crippen LogP contribution < -0.4 is 15.5 Å². The fourth-order valence-corrected chi connectivity index (χ4v) is 5.91. The van der Waals surface area contributed by atoms with Crippen molar-refractivity contribution in [3.63, 3.8) is 0 Å². The number of anilines is 4. The maximum absolute atomic E-state index is 13.0. The van der Waals surface area contributed by atoms with Gasteiger partial charge in [-0.05, 0) is 38.5 Å². The molecule has 1 amide bonds. The second-order valence-electron chi connectivity index (χ2n) is 9.28. The molecule has 1 saturated carbocycles. The van der Waals surface area contributed by atoms with E-state index in [1.165, 1.54) is 37.0 Å². The Bertz CT molecular complexity index is 1170. The lowest BCUT2D eigenvalue weighted by Crippen LogP contribution is -2.40. The first-order valence-electron chi connectivity index (χ1n) is 12.0. The van der Waals surface area contributed by atoms with Gasteiger partial charge in [-0.3, -0.25) is 9.89 Å². The van der Waals surface area contributed by atoms with Gasteiger partial charge in [0.15, 0.2) is 10.9 Å². The Balaban J connectivity index is 1.28. The van der Waals surface area contributed by atoms with Gasteiger partial charge in [0, 0.05) is 41.4 Å². The van der Waals surface area contributed by atoms with E-state index in [0.717, 1.165) is 23.5 Å². The van der Waals surface area contributed by atoms with Crippen LogP contribution in [0.1, 0.15) is 73.9 Å². The molecule has 178 valence electrons. The first kappa shape index (κ1) is 21.5. The van der Waals surface area contributed by atoms with Crippen LogP contribution in [0.25, 0.3) is 0 Å². The van der Waals surface area contributed by atoms with Gasteiger partial charge in [0.05, 0.1) is 11.8 Å². The summed E-state index contributed by atoms with van der Waals surface area (Å²) in [6.45, 7) is 0.679. The summed E-state index contributed by atoms with van der Waals surface area (Å²) in [6, 6.07) is 1.68. The lowest BCUT2D eigenvalue weighted by Gasteiger charge is -2.25. The number of nitrogens with zero attached hydrogens (tertiary/aromatic N) is 5. The summed E-state index contributed by atoms with van der Waals surface area (Å²) < 4.78 is 0. The van der Waals surface area contributed by atoms with Gasteiger partial charge in [-0.15, -0.1) is 11.3 Å². The highest BCUT2D eigenvalue weighted by atomic mass is 32.1. The Labute approximate surface area is 201 Å². The summed E-state index contributed by atoms with van der Waals surface area (Å²) in [7, 11) is 0. The summed E-state index contributed by atoms with van der Waals surface area (Å²) >= 11 is 1.39. The molecule has 2 atom stereocenters. The van der Waals surface area contributed by atoms with Crippen molar-refractivity contribution in [2.24, 2.45) is 0 Å². The largest absolute Gasteiger partial charge is 0.387 e. The van der Waals surface area contributed by atoms with Crippen molar-refractivity contribution in [3.05, 3.63) is 34.6 Å². The van der Waals surface area contributed by atoms with Crippen molar-refractivity contribution in [2.75, 3.05) is 22.1 Å². The van der Waals surface area contributed by atoms with Crippen molar-refractivity contribution in [1.29, 1.82) is 0 Å². The van der Waals surface area contributed by atoms with Crippen molar-refractivity contribution in [3.8, 4) is 0 Å². The molecule has 4 N–H and O–H groups in total. The molecular weight excluding hydrogens is 452 g/mol. The average molecular weight is 481 g/mol. The Morgan fingerprint density at radius 3 is 2.88 bits per heavy atom. The molecule has 3 aliphatic rings. The minimum atomic E-state index is -0.629. The predicted molar refractivity (Wildman–Crippen MR) is 130 cm³/mol. The van der Waals surface area contributed by atoms with Crippen LogP contribution in [-0.4, -0.2) is 48.7 Å². The van der Waals surface area contributed by atoms with Gasteiger partial charge in [0.1, 0.15) is 11.9 Å². The van der Waals surface area contributed by atoms with Crippen LogP contribution in [0.3, 0.4) is 0 Å². The van der Waals surface area contributed by atoms with Crippen LogP contribution in [0.2, 0.25) is 0 Å². The zero-order valence-electron chi connectivity index (χ0n) is 18.8. The van der Waals surface area contributed by atoms with E-state index < -0.39 is 6.10 Å². The molecule has 10 nitrogen and oxygen atoms in total. The van der Waals surface area contributed by atoms with E-state index in [-0.39, 0.29) is 11.9 Å². The van der Waals surface area contributed by atoms with Crippen LogP contribution in [0.15, 0.2) is 17.6 Å². The molecule has 6 rings (SSSR count). The van der Waals surface area contributed by atoms with E-state index in [4.69, 9.17) is 9.97 Å². The van der Waals surface area contributed by atoms with E-state index in [9.17, 15) is 9.90 Å². The maximum Gasteiger partial charge on any atom is 0.248 e. The van der Waals surface area contributed by atoms with Crippen molar-refractivity contribution >= 4 is 40.0 Å². The summed E-state index contributed by atoms with van der Waals surface area (Å²) in [5, 5.41) is 26.9. The molecule has 0 spiro atoms. The summed E-state index contributed by atoms with van der Waals surface area (Å²) in [5.74, 6) is 2.27. The van der Waals surface area contributed by atoms with Gasteiger partial charge in [-0.25, -0.2) is 9.97 Å². The Hall–Kier alpha value is -3.05. The molecule has 1 unspecified atom stereocenters. The van der Waals surface area contributed by atoms with Gasteiger partial charge in [0.25, 0.3) is 0 Å². The molecule has 3 aromatic heterocycles. The second-order valence-corrected chi connectivity index (χ2v) is 10.2. The molecule has 34 heavy (non-hydrogen) atoms. The monoisotopic (exact) mass is 480 g/mol. The maximum atomic E-state index is 13.0. The Kier molecular flexibility index (Phi) is 5.66. The zero-order valence-corrected chi connectivity index (χ0v) is 19.6. The van der Waals surface area contributed by atoms with Gasteiger partial charge in [-0.1, -0.05) is 12.8 Å². The van der Waals surface area contributed by atoms with E-state index in [1.54, 1.807) is 6.20 Å². The third kappa shape index (κ3) is 4.03. The van der Waals surface area contributed by atoms with Gasteiger partial charge in [-0.2, -0.15) is 10.1 Å². The van der Waals surface area contributed by atoms with Crippen LogP contribution in [0.5, 0.6) is 0 Å². The van der Waals surface area contributed by atoms with E-state index >= 15 is 0 Å². The number of aromatic nitrogens is 5. The molecule has 0 radical (unpaired) electrons. The van der Waals surface area contributed by atoms with Crippen LogP contribution in [0.4, 0.5) is 22.7 Å². The summed E-state index contributed by atoms with van der Waals surface area (Å²) in [4.78, 5) is 28.6. The number of aromatic amines is 1. The van der Waals surface area contributed by atoms with Gasteiger partial charge in [0.2, 0.25) is 11.9 Å². The number of amides is 1. The molecule has 1 saturated heterocycles. The Morgan fingerprint density at radius 2 is 2.06 bits per heavy atom. The topological polar surface area (TPSA) is 132 Å². The van der Waals surface area contributed by atoms with Gasteiger partial charge < -0.3 is 20.6 Å². The standard InChI is InChI=1S/C23H28N8O2S/c32-17-8-7-14-19(17)26-22(31-10-3-6-16(31)21(33)28-23-24-9-11-34-23)27-20(14)25-18-12-15(29-30-18)13-4-1-2-5-13/h9,11-13,16-17,32H,1-8,10H2,(H,24,28,33)(H2,25,26,27,29,30)/t16-,17?/m0/s1. The number of aliphatic hydroxyl groups excluding tert-OH is 1. The smallest absolute Gasteiger partial charge is 0.248 e. The highest BCUT2D eigenvalue weighted by Crippen LogP contribution is 2.38. The summed E-state index contributed by atoms with van der Waals surface area (Å²) in [5.41, 5.74) is 2.72. The predicted octanol–water partition coefficient (Wildman–Crippen LogP) is 3.64. The van der Waals surface area contributed by atoms with Crippen molar-refractivity contribution < 1.29 is 9.90 Å². The normalized spacial score (nSPS) is 22.3. The van der Waals surface area contributed by atoms with E-state index in [1.807, 2.05) is 10.3 Å². The fourth-order valence-electron chi connectivity index (χ4n) is 5.38.